The summed E-state index contributed by atoms with van der Waals surface area (Å²) in [5.41, 5.74) is 1.02. The number of aryl methyl sites for hydroxylation is 1. The number of carbonyl (C=O) groups is 3. The number of unbranched alkanes of at least 4 members (excludes halogenated alkanes) is 1. The lowest BCUT2D eigenvalue weighted by Crippen LogP contribution is -2.29. The van der Waals surface area contributed by atoms with Gasteiger partial charge < -0.3 is 19.3 Å². The highest BCUT2D eigenvalue weighted by atomic mass is 35.5. The average molecular weight is 599 g/mol. The van der Waals surface area contributed by atoms with E-state index in [0.717, 1.165) is 24.2 Å². The van der Waals surface area contributed by atoms with Gasteiger partial charge in [-0.05, 0) is 69.2 Å². The van der Waals surface area contributed by atoms with E-state index in [4.69, 9.17) is 25.8 Å². The van der Waals surface area contributed by atoms with Crippen LogP contribution in [0.5, 0.6) is 11.5 Å². The van der Waals surface area contributed by atoms with Gasteiger partial charge in [-0.2, -0.15) is 0 Å². The second kappa shape index (κ2) is 13.2. The SMILES string of the molecule is CCCCOc1ccc(C2C(=C(O)c3ccc(Cl)cc3)C(=O)C(=O)N2c2nc(C)c(C(=O)OCC)s2)cc1OCC. The lowest BCUT2D eigenvalue weighted by Gasteiger charge is -2.24. The Morgan fingerprint density at radius 1 is 1.05 bits per heavy atom. The molecule has 3 aromatic rings. The van der Waals surface area contributed by atoms with E-state index in [2.05, 4.69) is 11.9 Å². The van der Waals surface area contributed by atoms with Gasteiger partial charge in [-0.25, -0.2) is 9.78 Å². The van der Waals surface area contributed by atoms with Crippen molar-refractivity contribution < 1.29 is 33.7 Å². The van der Waals surface area contributed by atoms with Gasteiger partial charge in [-0.3, -0.25) is 14.5 Å². The summed E-state index contributed by atoms with van der Waals surface area (Å²) in [6.07, 6.45) is 1.82. The number of nitrogens with zero attached hydrogens (tertiary/aromatic N) is 2. The number of amides is 1. The van der Waals surface area contributed by atoms with Crippen molar-refractivity contribution >= 4 is 51.5 Å². The molecule has 1 unspecified atom stereocenters. The Bertz CT molecular complexity index is 1480. The van der Waals surface area contributed by atoms with Gasteiger partial charge in [0, 0.05) is 10.6 Å². The van der Waals surface area contributed by atoms with Gasteiger partial charge in [0.1, 0.15) is 10.6 Å². The highest BCUT2D eigenvalue weighted by molar-refractivity contribution is 7.17. The van der Waals surface area contributed by atoms with Gasteiger partial charge in [0.05, 0.1) is 37.1 Å². The predicted octanol–water partition coefficient (Wildman–Crippen LogP) is 6.49. The first-order valence-electron chi connectivity index (χ1n) is 13.3. The van der Waals surface area contributed by atoms with Crippen molar-refractivity contribution in [3.63, 3.8) is 0 Å². The Balaban J connectivity index is 1.90. The Morgan fingerprint density at radius 3 is 2.44 bits per heavy atom. The number of esters is 1. The van der Waals surface area contributed by atoms with Crippen molar-refractivity contribution in [3.8, 4) is 11.5 Å². The van der Waals surface area contributed by atoms with E-state index in [1.165, 1.54) is 4.90 Å². The van der Waals surface area contributed by atoms with E-state index in [-0.39, 0.29) is 27.9 Å². The number of aliphatic hydroxyl groups excluding tert-OH is 1. The van der Waals surface area contributed by atoms with Crippen LogP contribution < -0.4 is 14.4 Å². The van der Waals surface area contributed by atoms with Gasteiger partial charge in [-0.1, -0.05) is 42.3 Å². The number of aromatic nitrogens is 1. The zero-order chi connectivity index (χ0) is 29.7. The monoisotopic (exact) mass is 598 g/mol. The molecule has 4 rings (SSSR count). The molecule has 0 saturated carbocycles. The standard InChI is InChI=1S/C30H31ClN2O7S/c1-5-8-15-40-21-14-11-19(16-22(21)38-6-2)24-23(25(34)18-9-12-20(31)13-10-18)26(35)28(36)33(24)30-32-17(4)27(41-30)29(37)39-7-3/h9-14,16,24,34H,5-8,15H2,1-4H3. The van der Waals surface area contributed by atoms with Crippen molar-refractivity contribution in [2.45, 2.75) is 46.6 Å². The van der Waals surface area contributed by atoms with Gasteiger partial charge in [0.25, 0.3) is 5.78 Å². The predicted molar refractivity (Wildman–Crippen MR) is 157 cm³/mol. The molecule has 1 N–H and O–H groups in total. The van der Waals surface area contributed by atoms with Crippen molar-refractivity contribution in [1.29, 1.82) is 0 Å². The number of rotatable bonds is 11. The minimum absolute atomic E-state index is 0.119. The summed E-state index contributed by atoms with van der Waals surface area (Å²) >= 11 is 6.97. The molecule has 2 heterocycles. The van der Waals surface area contributed by atoms with Crippen LogP contribution in [-0.2, 0) is 14.3 Å². The van der Waals surface area contributed by atoms with Crippen LogP contribution in [-0.4, -0.2) is 47.6 Å². The van der Waals surface area contributed by atoms with Crippen LogP contribution in [0.25, 0.3) is 5.76 Å². The van der Waals surface area contributed by atoms with E-state index in [9.17, 15) is 19.5 Å². The van der Waals surface area contributed by atoms with Gasteiger partial charge in [-0.15, -0.1) is 0 Å². The molecule has 0 aliphatic carbocycles. The average Bonchev–Trinajstić information content (AvgIpc) is 3.46. The fourth-order valence-electron chi connectivity index (χ4n) is 4.39. The molecule has 1 saturated heterocycles. The highest BCUT2D eigenvalue weighted by Gasteiger charge is 2.48. The van der Waals surface area contributed by atoms with E-state index < -0.39 is 23.7 Å². The van der Waals surface area contributed by atoms with E-state index in [1.54, 1.807) is 56.3 Å². The van der Waals surface area contributed by atoms with Crippen LogP contribution in [0.1, 0.15) is 66.1 Å². The first-order valence-corrected chi connectivity index (χ1v) is 14.5. The fraction of sp³-hybridized carbons (Fsp3) is 0.333. The number of anilines is 1. The molecule has 0 spiro atoms. The Labute approximate surface area is 247 Å². The largest absolute Gasteiger partial charge is 0.507 e. The van der Waals surface area contributed by atoms with Crippen LogP contribution >= 0.6 is 22.9 Å². The molecule has 11 heteroatoms. The number of thiazole rings is 1. The third-order valence-electron chi connectivity index (χ3n) is 6.35. The molecule has 216 valence electrons. The zero-order valence-electron chi connectivity index (χ0n) is 23.2. The number of ether oxygens (including phenoxy) is 3. The Hall–Kier alpha value is -3.89. The number of Topliss-reactive ketones (excluding diaryl/α,β-unsaturated/α-hetero) is 1. The van der Waals surface area contributed by atoms with E-state index in [0.29, 0.717) is 46.6 Å². The normalized spacial score (nSPS) is 16.2. The van der Waals surface area contributed by atoms with Crippen LogP contribution in [0, 0.1) is 6.92 Å². The van der Waals surface area contributed by atoms with Crippen LogP contribution in [0.3, 0.4) is 0 Å². The third kappa shape index (κ3) is 6.23. The van der Waals surface area contributed by atoms with Gasteiger partial charge in [0.15, 0.2) is 16.6 Å². The molecule has 2 aromatic carbocycles. The number of hydrogen-bond donors (Lipinski definition) is 1. The lowest BCUT2D eigenvalue weighted by molar-refractivity contribution is -0.132. The lowest BCUT2D eigenvalue weighted by atomic mass is 9.95. The maximum Gasteiger partial charge on any atom is 0.350 e. The summed E-state index contributed by atoms with van der Waals surface area (Å²) in [7, 11) is 0. The number of hydrogen-bond acceptors (Lipinski definition) is 9. The molecular weight excluding hydrogens is 568 g/mol. The van der Waals surface area contributed by atoms with Crippen LogP contribution in [0.15, 0.2) is 48.0 Å². The van der Waals surface area contributed by atoms with Crippen LogP contribution in [0.4, 0.5) is 5.13 Å². The fourth-order valence-corrected chi connectivity index (χ4v) is 5.50. The molecule has 0 radical (unpaired) electrons. The second-order valence-corrected chi connectivity index (χ2v) is 10.6. The van der Waals surface area contributed by atoms with Gasteiger partial charge >= 0.3 is 11.9 Å². The molecule has 1 amide bonds. The van der Waals surface area contributed by atoms with Gasteiger partial charge in [0.2, 0.25) is 0 Å². The molecule has 1 aliphatic rings. The topological polar surface area (TPSA) is 115 Å². The highest BCUT2D eigenvalue weighted by Crippen LogP contribution is 2.45. The van der Waals surface area contributed by atoms with Crippen molar-refractivity contribution in [2.24, 2.45) is 0 Å². The van der Waals surface area contributed by atoms with E-state index >= 15 is 0 Å². The summed E-state index contributed by atoms with van der Waals surface area (Å²) in [5.74, 6) is -1.78. The molecule has 41 heavy (non-hydrogen) atoms. The Morgan fingerprint density at radius 2 is 1.78 bits per heavy atom. The summed E-state index contributed by atoms with van der Waals surface area (Å²) in [6, 6.07) is 10.3. The maximum absolute atomic E-state index is 13.6. The van der Waals surface area contributed by atoms with Crippen LogP contribution in [0.2, 0.25) is 5.02 Å². The number of benzene rings is 2. The first-order chi connectivity index (χ1) is 19.7. The zero-order valence-corrected chi connectivity index (χ0v) is 24.8. The molecular formula is C30H31ClN2O7S. The number of halogens is 1. The molecule has 0 bridgehead atoms. The third-order valence-corrected chi connectivity index (χ3v) is 7.74. The number of ketones is 1. The smallest absolute Gasteiger partial charge is 0.350 e. The Kier molecular flexibility index (Phi) is 9.67. The quantitative estimate of drug-likeness (QED) is 0.0876. The summed E-state index contributed by atoms with van der Waals surface area (Å²) in [4.78, 5) is 45.5. The second-order valence-electron chi connectivity index (χ2n) is 9.15. The summed E-state index contributed by atoms with van der Waals surface area (Å²) < 4.78 is 16.9. The minimum Gasteiger partial charge on any atom is -0.507 e. The van der Waals surface area contributed by atoms with E-state index in [1.807, 2.05) is 6.92 Å². The van der Waals surface area contributed by atoms with Crippen molar-refractivity contribution in [2.75, 3.05) is 24.7 Å². The van der Waals surface area contributed by atoms with Crippen molar-refractivity contribution in [1.82, 2.24) is 4.98 Å². The maximum atomic E-state index is 13.6. The molecule has 1 fully saturated rings. The minimum atomic E-state index is -1.07. The number of aliphatic hydroxyl groups is 1. The first kappa shape index (κ1) is 30.1. The molecule has 1 atom stereocenters. The summed E-state index contributed by atoms with van der Waals surface area (Å²) in [5, 5.41) is 11.9. The number of carbonyl (C=O) groups excluding carboxylic acids is 3. The van der Waals surface area contributed by atoms with Crippen molar-refractivity contribution in [3.05, 3.63) is 74.8 Å². The molecule has 9 nitrogen and oxygen atoms in total. The molecule has 1 aromatic heterocycles. The molecule has 1 aliphatic heterocycles. The summed E-state index contributed by atoms with van der Waals surface area (Å²) in [6.45, 7) is 8.24.